The molecule has 0 aliphatic carbocycles. The van der Waals surface area contributed by atoms with Gasteiger partial charge in [-0.1, -0.05) is 12.1 Å². The highest BCUT2D eigenvalue weighted by Gasteiger charge is 2.35. The van der Waals surface area contributed by atoms with Crippen LogP contribution in [0.4, 0.5) is 8.78 Å². The zero-order valence-electron chi connectivity index (χ0n) is 18.6. The molecule has 0 unspecified atom stereocenters. The number of aromatic nitrogens is 2. The number of nitrogens with one attached hydrogen (secondary N) is 1. The number of carbonyl (C=O) groups is 2. The van der Waals surface area contributed by atoms with Crippen molar-refractivity contribution in [3.8, 4) is 11.4 Å². The van der Waals surface area contributed by atoms with Gasteiger partial charge in [0, 0.05) is 5.38 Å². The lowest BCUT2D eigenvalue weighted by Gasteiger charge is -2.25. The number of aromatic carboxylic acids is 1. The van der Waals surface area contributed by atoms with Crippen molar-refractivity contribution in [2.45, 2.75) is 19.3 Å². The van der Waals surface area contributed by atoms with Gasteiger partial charge >= 0.3 is 11.7 Å². The van der Waals surface area contributed by atoms with Crippen LogP contribution in [0.15, 0.2) is 51.4 Å². The van der Waals surface area contributed by atoms with Crippen LogP contribution >= 0.6 is 11.3 Å². The van der Waals surface area contributed by atoms with Crippen LogP contribution in [0.1, 0.15) is 39.4 Å². The Morgan fingerprint density at radius 3 is 2.49 bits per heavy atom. The van der Waals surface area contributed by atoms with Gasteiger partial charge in [-0.15, -0.1) is 11.3 Å². The van der Waals surface area contributed by atoms with Gasteiger partial charge in [-0.25, -0.2) is 22.9 Å². The summed E-state index contributed by atoms with van der Waals surface area (Å²) >= 11 is 0.747. The molecule has 11 heteroatoms. The average molecular weight is 500 g/mol. The second-order valence-electron chi connectivity index (χ2n) is 8.17. The maximum absolute atomic E-state index is 14.9. The lowest BCUT2D eigenvalue weighted by atomic mass is 9.77. The van der Waals surface area contributed by atoms with Crippen LogP contribution in [-0.2, 0) is 5.41 Å². The van der Waals surface area contributed by atoms with Gasteiger partial charge in [-0.2, -0.15) is 0 Å². The Bertz CT molecular complexity index is 1630. The highest BCUT2D eigenvalue weighted by molar-refractivity contribution is 7.13. The minimum absolute atomic E-state index is 0.0115. The average Bonchev–Trinajstić information content (AvgIpc) is 3.23. The zero-order valence-corrected chi connectivity index (χ0v) is 19.5. The number of carboxylic acids is 1. The van der Waals surface area contributed by atoms with E-state index < -0.39 is 45.7 Å². The molecule has 0 amide bonds. The van der Waals surface area contributed by atoms with Crippen LogP contribution in [0.25, 0.3) is 16.6 Å². The van der Waals surface area contributed by atoms with Gasteiger partial charge in [-0.3, -0.25) is 9.59 Å². The third-order valence-corrected chi connectivity index (χ3v) is 6.71. The minimum Gasteiger partial charge on any atom is -0.496 e. The van der Waals surface area contributed by atoms with Gasteiger partial charge in [0.2, 0.25) is 0 Å². The first-order valence-electron chi connectivity index (χ1n) is 10.2. The molecule has 0 radical (unpaired) electrons. The van der Waals surface area contributed by atoms with E-state index in [1.165, 1.54) is 44.5 Å². The maximum atomic E-state index is 14.9. The molecule has 2 heterocycles. The molecule has 2 N–H and O–H groups in total. The molecule has 0 saturated carbocycles. The van der Waals surface area contributed by atoms with Gasteiger partial charge in [0.25, 0.3) is 5.56 Å². The molecular weight excluding hydrogens is 482 g/mol. The summed E-state index contributed by atoms with van der Waals surface area (Å²) in [6.07, 6.45) is 0. The summed E-state index contributed by atoms with van der Waals surface area (Å²) in [4.78, 5) is 52.8. The van der Waals surface area contributed by atoms with E-state index in [0.29, 0.717) is 4.57 Å². The second-order valence-corrected chi connectivity index (χ2v) is 9.05. The number of benzene rings is 2. The summed E-state index contributed by atoms with van der Waals surface area (Å²) in [5.74, 6) is -3.79. The maximum Gasteiger partial charge on any atom is 0.346 e. The van der Waals surface area contributed by atoms with Crippen molar-refractivity contribution in [3.63, 3.8) is 0 Å². The number of rotatable bonds is 6. The van der Waals surface area contributed by atoms with E-state index in [4.69, 9.17) is 4.74 Å². The Balaban J connectivity index is 1.93. The van der Waals surface area contributed by atoms with Crippen molar-refractivity contribution >= 4 is 34.0 Å². The molecule has 0 atom stereocenters. The van der Waals surface area contributed by atoms with E-state index in [0.717, 1.165) is 29.5 Å². The van der Waals surface area contributed by atoms with E-state index in [1.54, 1.807) is 0 Å². The lowest BCUT2D eigenvalue weighted by molar-refractivity contribution is 0.0703. The fourth-order valence-electron chi connectivity index (χ4n) is 3.82. The Morgan fingerprint density at radius 1 is 1.11 bits per heavy atom. The number of H-pyrrole nitrogens is 1. The fourth-order valence-corrected chi connectivity index (χ4v) is 4.65. The molecule has 0 aliphatic rings. The number of fused-ring (bicyclic) bond motifs is 1. The number of halogens is 2. The highest BCUT2D eigenvalue weighted by Crippen LogP contribution is 2.34. The first-order chi connectivity index (χ1) is 16.5. The van der Waals surface area contributed by atoms with E-state index >= 15 is 0 Å². The molecule has 0 spiro atoms. The number of aromatic amines is 1. The molecule has 2 aromatic carbocycles. The van der Waals surface area contributed by atoms with E-state index in [9.17, 15) is 33.1 Å². The number of Topliss-reactive ketones (excluding diaryl/α,β-unsaturated/α-hetero) is 1. The van der Waals surface area contributed by atoms with E-state index in [1.807, 2.05) is 0 Å². The molecule has 4 rings (SSSR count). The van der Waals surface area contributed by atoms with Crippen molar-refractivity contribution in [2.75, 3.05) is 7.11 Å². The van der Waals surface area contributed by atoms with Crippen LogP contribution < -0.4 is 16.0 Å². The first kappa shape index (κ1) is 24.0. The summed E-state index contributed by atoms with van der Waals surface area (Å²) in [7, 11) is 1.29. The summed E-state index contributed by atoms with van der Waals surface area (Å²) in [6, 6.07) is 7.32. The summed E-state index contributed by atoms with van der Waals surface area (Å²) in [5, 5.41) is 10.4. The number of carboxylic acid groups (broad SMARTS) is 1. The van der Waals surface area contributed by atoms with Crippen molar-refractivity contribution in [1.29, 1.82) is 0 Å². The SMILES string of the molecule is COc1cccc(F)c1C(=O)C(C)(C)c1ccc(F)c(-n2c(=O)[nH]c3csc(C(=O)O)c3c2=O)c1. The zero-order chi connectivity index (χ0) is 25.7. The number of ketones is 1. The third kappa shape index (κ3) is 3.83. The van der Waals surface area contributed by atoms with E-state index in [2.05, 4.69) is 4.98 Å². The third-order valence-electron chi connectivity index (χ3n) is 5.75. The van der Waals surface area contributed by atoms with Gasteiger partial charge in [0.1, 0.15) is 22.3 Å². The molecule has 0 fully saturated rings. The number of nitrogens with zero attached hydrogens (tertiary/aromatic N) is 1. The van der Waals surface area contributed by atoms with Crippen LogP contribution in [-0.4, -0.2) is 33.5 Å². The Hall–Kier alpha value is -4.12. The molecule has 2 aromatic heterocycles. The Kier molecular flexibility index (Phi) is 5.89. The number of ether oxygens (including phenoxy) is 1. The van der Waals surface area contributed by atoms with Crippen molar-refractivity contribution < 1.29 is 28.2 Å². The van der Waals surface area contributed by atoms with Crippen LogP contribution in [0, 0.1) is 11.6 Å². The van der Waals surface area contributed by atoms with Crippen molar-refractivity contribution in [2.24, 2.45) is 0 Å². The molecule has 0 bridgehead atoms. The standard InChI is InChI=1S/C24H18F2N2O6S/c1-24(2,20(29)17-13(26)5-4-6-16(17)34-3)11-7-8-12(25)15(9-11)28-21(30)18-14(27-23(28)33)10-35-19(18)22(31)32/h4-10H,1-3H3,(H,27,33)(H,31,32). The van der Waals surface area contributed by atoms with Crippen LogP contribution in [0.5, 0.6) is 5.75 Å². The predicted octanol–water partition coefficient (Wildman–Crippen LogP) is 3.89. The smallest absolute Gasteiger partial charge is 0.346 e. The molecule has 0 aliphatic heterocycles. The van der Waals surface area contributed by atoms with Gasteiger partial charge < -0.3 is 14.8 Å². The molecule has 35 heavy (non-hydrogen) atoms. The van der Waals surface area contributed by atoms with Crippen molar-refractivity contribution in [1.82, 2.24) is 9.55 Å². The number of carbonyl (C=O) groups excluding carboxylic acids is 1. The summed E-state index contributed by atoms with van der Waals surface area (Å²) in [6.45, 7) is 2.96. The largest absolute Gasteiger partial charge is 0.496 e. The Labute approximate surface area is 200 Å². The number of thiophene rings is 1. The first-order valence-corrected chi connectivity index (χ1v) is 11.0. The van der Waals surface area contributed by atoms with Gasteiger partial charge in [-0.05, 0) is 43.7 Å². The predicted molar refractivity (Wildman–Crippen MR) is 125 cm³/mol. The summed E-state index contributed by atoms with van der Waals surface area (Å²) < 4.78 is 35.1. The number of hydrogen-bond donors (Lipinski definition) is 2. The van der Waals surface area contributed by atoms with E-state index in [-0.39, 0.29) is 32.7 Å². The minimum atomic E-state index is -1.44. The molecule has 8 nitrogen and oxygen atoms in total. The fraction of sp³-hybridized carbons (Fsp3) is 0.167. The van der Waals surface area contributed by atoms with Gasteiger partial charge in [0.05, 0.1) is 34.7 Å². The molecule has 180 valence electrons. The molecular formula is C24H18F2N2O6S. The molecule has 4 aromatic rings. The van der Waals surface area contributed by atoms with Crippen LogP contribution in [0.3, 0.4) is 0 Å². The lowest BCUT2D eigenvalue weighted by Crippen LogP contribution is -2.35. The number of hydrogen-bond acceptors (Lipinski definition) is 6. The molecule has 0 saturated heterocycles. The normalized spacial score (nSPS) is 11.6. The van der Waals surface area contributed by atoms with Gasteiger partial charge in [0.15, 0.2) is 5.78 Å². The monoisotopic (exact) mass is 500 g/mol. The van der Waals surface area contributed by atoms with Crippen molar-refractivity contribution in [3.05, 3.63) is 90.3 Å². The Morgan fingerprint density at radius 2 is 1.83 bits per heavy atom. The topological polar surface area (TPSA) is 118 Å². The quantitative estimate of drug-likeness (QED) is 0.388. The highest BCUT2D eigenvalue weighted by atomic mass is 32.1. The number of methoxy groups -OCH3 is 1. The second kappa shape index (κ2) is 8.58. The van der Waals surface area contributed by atoms with Crippen LogP contribution in [0.2, 0.25) is 0 Å². The summed E-state index contributed by atoms with van der Waals surface area (Å²) in [5.41, 5.74) is -4.05.